The van der Waals surface area contributed by atoms with Crippen molar-refractivity contribution in [1.82, 2.24) is 0 Å². The van der Waals surface area contributed by atoms with Crippen molar-refractivity contribution in [3.05, 3.63) is 54.3 Å². The van der Waals surface area contributed by atoms with Gasteiger partial charge in [-0.25, -0.2) is 4.39 Å². The van der Waals surface area contributed by atoms with Crippen molar-refractivity contribution >= 4 is 34.8 Å². The molecule has 0 bridgehead atoms. The van der Waals surface area contributed by atoms with Gasteiger partial charge >= 0.3 is 0 Å². The first-order chi connectivity index (χ1) is 13.5. The van der Waals surface area contributed by atoms with E-state index >= 15 is 0 Å². The summed E-state index contributed by atoms with van der Waals surface area (Å²) < 4.78 is 14.0. The van der Waals surface area contributed by atoms with E-state index in [1.165, 1.54) is 17.0 Å². The lowest BCUT2D eigenvalue weighted by Crippen LogP contribution is -2.28. The van der Waals surface area contributed by atoms with Gasteiger partial charge in [-0.1, -0.05) is 12.1 Å². The Morgan fingerprint density at radius 2 is 1.75 bits per heavy atom. The summed E-state index contributed by atoms with van der Waals surface area (Å²) in [7, 11) is 0. The molecule has 2 aliphatic rings. The number of halogens is 1. The predicted molar refractivity (Wildman–Crippen MR) is 104 cm³/mol. The molecule has 0 aromatic heterocycles. The van der Waals surface area contributed by atoms with Gasteiger partial charge in [-0.15, -0.1) is 0 Å². The number of hydrogen-bond donors (Lipinski definition) is 1. The minimum atomic E-state index is -0.549. The highest BCUT2D eigenvalue weighted by Gasteiger charge is 2.36. The number of hydrogen-bond acceptors (Lipinski definition) is 3. The van der Waals surface area contributed by atoms with E-state index in [1.807, 2.05) is 0 Å². The number of nitrogens with one attached hydrogen (secondary N) is 1. The fourth-order valence-corrected chi connectivity index (χ4v) is 3.68. The number of benzene rings is 2. The maximum absolute atomic E-state index is 14.0. The van der Waals surface area contributed by atoms with Gasteiger partial charge < -0.3 is 15.1 Å². The summed E-state index contributed by atoms with van der Waals surface area (Å²) in [6.45, 7) is 0.854. The molecule has 1 atom stereocenters. The molecule has 0 unspecified atom stereocenters. The Morgan fingerprint density at radius 3 is 2.43 bits per heavy atom. The van der Waals surface area contributed by atoms with Crippen LogP contribution in [0.3, 0.4) is 0 Å². The summed E-state index contributed by atoms with van der Waals surface area (Å²) in [6, 6.07) is 13.1. The Morgan fingerprint density at radius 1 is 1.00 bits per heavy atom. The van der Waals surface area contributed by atoms with E-state index in [4.69, 9.17) is 0 Å². The van der Waals surface area contributed by atoms with Gasteiger partial charge in [-0.3, -0.25) is 14.4 Å². The zero-order valence-electron chi connectivity index (χ0n) is 15.2. The first-order valence-corrected chi connectivity index (χ1v) is 9.29. The number of amides is 3. The molecule has 2 aromatic rings. The number of para-hydroxylation sites is 1. The molecule has 2 heterocycles. The maximum Gasteiger partial charge on any atom is 0.229 e. The van der Waals surface area contributed by atoms with Crippen molar-refractivity contribution in [3.63, 3.8) is 0 Å². The predicted octanol–water partition coefficient (Wildman–Crippen LogP) is 2.94. The number of carbonyl (C=O) groups is 3. The highest BCUT2D eigenvalue weighted by molar-refractivity contribution is 6.03. The molecule has 6 nitrogen and oxygen atoms in total. The van der Waals surface area contributed by atoms with E-state index in [0.717, 1.165) is 12.1 Å². The highest BCUT2D eigenvalue weighted by atomic mass is 19.1. The molecule has 2 fully saturated rings. The van der Waals surface area contributed by atoms with E-state index in [9.17, 15) is 18.8 Å². The number of nitrogens with zero attached hydrogens (tertiary/aromatic N) is 2. The monoisotopic (exact) mass is 381 g/mol. The van der Waals surface area contributed by atoms with Gasteiger partial charge in [-0.2, -0.15) is 0 Å². The van der Waals surface area contributed by atoms with Crippen molar-refractivity contribution in [3.8, 4) is 0 Å². The molecule has 0 saturated carbocycles. The molecule has 2 aromatic carbocycles. The third-order valence-electron chi connectivity index (χ3n) is 5.16. The smallest absolute Gasteiger partial charge is 0.229 e. The Hall–Kier alpha value is -3.22. The van der Waals surface area contributed by atoms with Crippen LogP contribution in [0.5, 0.6) is 0 Å². The van der Waals surface area contributed by atoms with Gasteiger partial charge in [0.1, 0.15) is 5.82 Å². The molecule has 0 radical (unpaired) electrons. The van der Waals surface area contributed by atoms with Crippen LogP contribution < -0.4 is 15.1 Å². The number of carbonyl (C=O) groups excluding carboxylic acids is 3. The summed E-state index contributed by atoms with van der Waals surface area (Å²) in [6.07, 6.45) is 1.46. The molecule has 1 N–H and O–H groups in total. The molecular weight excluding hydrogens is 361 g/mol. The summed E-state index contributed by atoms with van der Waals surface area (Å²) in [5.74, 6) is -1.48. The maximum atomic E-state index is 14.0. The fraction of sp³-hybridized carbons (Fsp3) is 0.286. The van der Waals surface area contributed by atoms with Gasteiger partial charge in [0.25, 0.3) is 0 Å². The second-order valence-corrected chi connectivity index (χ2v) is 7.04. The van der Waals surface area contributed by atoms with Gasteiger partial charge in [0.05, 0.1) is 11.6 Å². The van der Waals surface area contributed by atoms with Gasteiger partial charge in [0.15, 0.2) is 0 Å². The first kappa shape index (κ1) is 18.2. The van der Waals surface area contributed by atoms with E-state index in [2.05, 4.69) is 5.32 Å². The molecule has 3 amide bonds. The van der Waals surface area contributed by atoms with Crippen LogP contribution in [0.1, 0.15) is 19.3 Å². The average Bonchev–Trinajstić information content (AvgIpc) is 3.29. The number of anilines is 3. The Bertz CT molecular complexity index is 929. The third-order valence-corrected chi connectivity index (χ3v) is 5.16. The molecule has 28 heavy (non-hydrogen) atoms. The molecule has 0 spiro atoms. The first-order valence-electron chi connectivity index (χ1n) is 9.29. The third kappa shape index (κ3) is 3.47. The average molecular weight is 381 g/mol. The lowest BCUT2D eigenvalue weighted by atomic mass is 10.1. The molecule has 7 heteroatoms. The minimum Gasteiger partial charge on any atom is -0.326 e. The zero-order valence-corrected chi connectivity index (χ0v) is 15.2. The lowest BCUT2D eigenvalue weighted by Gasteiger charge is -2.18. The fourth-order valence-electron chi connectivity index (χ4n) is 3.68. The normalized spacial score (nSPS) is 19.4. The van der Waals surface area contributed by atoms with Crippen LogP contribution in [-0.4, -0.2) is 30.8 Å². The van der Waals surface area contributed by atoms with E-state index in [0.29, 0.717) is 18.7 Å². The summed E-state index contributed by atoms with van der Waals surface area (Å²) in [5, 5.41) is 2.81. The Kier molecular flexibility index (Phi) is 4.81. The van der Waals surface area contributed by atoms with Crippen LogP contribution >= 0.6 is 0 Å². The van der Waals surface area contributed by atoms with Crippen LogP contribution in [0.25, 0.3) is 0 Å². The van der Waals surface area contributed by atoms with Crippen molar-refractivity contribution in [2.24, 2.45) is 5.92 Å². The largest absolute Gasteiger partial charge is 0.326 e. The van der Waals surface area contributed by atoms with Gasteiger partial charge in [0, 0.05) is 37.3 Å². The number of rotatable bonds is 4. The molecular formula is C21H20FN3O3. The summed E-state index contributed by atoms with van der Waals surface area (Å²) in [4.78, 5) is 39.7. The van der Waals surface area contributed by atoms with E-state index in [-0.39, 0.29) is 36.4 Å². The SMILES string of the molecule is O=C(Nc1ccc(N2CCCC2=O)cc1)[C@H]1CC(=O)N(c2ccccc2F)C1. The second-order valence-electron chi connectivity index (χ2n) is 7.04. The standard InChI is InChI=1S/C21H20FN3O3/c22-17-4-1-2-5-18(17)25-13-14(12-20(25)27)21(28)23-15-7-9-16(10-8-15)24-11-3-6-19(24)26/h1-2,4-5,7-10,14H,3,6,11-13H2,(H,23,28)/t14-/m0/s1. The Labute approximate surface area is 161 Å². The second kappa shape index (κ2) is 7.42. The van der Waals surface area contributed by atoms with Gasteiger partial charge in [0.2, 0.25) is 17.7 Å². The highest BCUT2D eigenvalue weighted by Crippen LogP contribution is 2.28. The van der Waals surface area contributed by atoms with Crippen LogP contribution in [0.4, 0.5) is 21.5 Å². The molecule has 0 aliphatic carbocycles. The molecule has 4 rings (SSSR count). The van der Waals surface area contributed by atoms with Crippen LogP contribution in [0.15, 0.2) is 48.5 Å². The van der Waals surface area contributed by atoms with Crippen molar-refractivity contribution in [2.75, 3.05) is 28.2 Å². The quantitative estimate of drug-likeness (QED) is 0.885. The summed E-state index contributed by atoms with van der Waals surface area (Å²) >= 11 is 0. The van der Waals surface area contributed by atoms with Crippen LogP contribution in [0.2, 0.25) is 0 Å². The van der Waals surface area contributed by atoms with E-state index in [1.54, 1.807) is 41.3 Å². The van der Waals surface area contributed by atoms with Crippen LogP contribution in [0, 0.1) is 11.7 Å². The van der Waals surface area contributed by atoms with E-state index < -0.39 is 11.7 Å². The molecule has 2 aliphatic heterocycles. The van der Waals surface area contributed by atoms with Crippen LogP contribution in [-0.2, 0) is 14.4 Å². The van der Waals surface area contributed by atoms with Crippen molar-refractivity contribution < 1.29 is 18.8 Å². The molecule has 144 valence electrons. The zero-order chi connectivity index (χ0) is 19.7. The van der Waals surface area contributed by atoms with Gasteiger partial charge in [-0.05, 0) is 42.8 Å². The van der Waals surface area contributed by atoms with Crippen molar-refractivity contribution in [2.45, 2.75) is 19.3 Å². The Balaban J connectivity index is 1.41. The minimum absolute atomic E-state index is 0.0422. The lowest BCUT2D eigenvalue weighted by molar-refractivity contribution is -0.122. The summed E-state index contributed by atoms with van der Waals surface area (Å²) in [5.41, 5.74) is 1.60. The molecule has 2 saturated heterocycles. The topological polar surface area (TPSA) is 69.7 Å². The van der Waals surface area contributed by atoms with Crippen molar-refractivity contribution in [1.29, 1.82) is 0 Å².